The third kappa shape index (κ3) is 4.27. The number of aromatic hydroxyl groups is 1. The molecule has 1 aliphatic heterocycles. The second-order valence-corrected chi connectivity index (χ2v) is 11.8. The topological polar surface area (TPSA) is 82.1 Å². The van der Waals surface area contributed by atoms with Gasteiger partial charge in [-0.1, -0.05) is 35.9 Å². The Bertz CT molecular complexity index is 1560. The fourth-order valence-electron chi connectivity index (χ4n) is 5.05. The van der Waals surface area contributed by atoms with Gasteiger partial charge in [0.2, 0.25) is 0 Å². The normalized spacial score (nSPS) is 17.2. The van der Waals surface area contributed by atoms with Crippen molar-refractivity contribution in [3.05, 3.63) is 82.9 Å². The van der Waals surface area contributed by atoms with E-state index in [0.29, 0.717) is 23.5 Å². The Kier molecular flexibility index (Phi) is 5.87. The summed E-state index contributed by atoms with van der Waals surface area (Å²) in [7, 11) is -2.58. The molecule has 0 saturated carbocycles. The van der Waals surface area contributed by atoms with E-state index < -0.39 is 15.7 Å². The molecule has 0 spiro atoms. The van der Waals surface area contributed by atoms with Crippen LogP contribution in [0, 0.1) is 6.92 Å². The second kappa shape index (κ2) is 8.70. The zero-order valence-electron chi connectivity index (χ0n) is 21.6. The largest absolute Gasteiger partial charge is 0.507 e. The molecule has 6 nitrogen and oxygen atoms in total. The molecule has 1 atom stereocenters. The third-order valence-corrected chi connectivity index (χ3v) is 8.18. The first-order chi connectivity index (χ1) is 17.4. The summed E-state index contributed by atoms with van der Waals surface area (Å²) in [4.78, 5) is 0.0624. The van der Waals surface area contributed by atoms with Gasteiger partial charge < -0.3 is 18.8 Å². The Morgan fingerprint density at radius 3 is 2.49 bits per heavy atom. The Hall–Kier alpha value is -3.71. The zero-order chi connectivity index (χ0) is 26.7. The maximum Gasteiger partial charge on any atom is 0.339 e. The Morgan fingerprint density at radius 1 is 1.14 bits per heavy atom. The van der Waals surface area contributed by atoms with E-state index in [2.05, 4.69) is 6.58 Å². The van der Waals surface area contributed by atoms with E-state index in [9.17, 15) is 13.5 Å². The number of methoxy groups -OCH3 is 1. The van der Waals surface area contributed by atoms with Crippen molar-refractivity contribution in [3.8, 4) is 34.1 Å². The molecule has 0 radical (unpaired) electrons. The van der Waals surface area contributed by atoms with Crippen molar-refractivity contribution >= 4 is 16.2 Å². The van der Waals surface area contributed by atoms with Gasteiger partial charge >= 0.3 is 10.1 Å². The molecule has 0 amide bonds. The summed E-state index contributed by atoms with van der Waals surface area (Å²) in [5.41, 5.74) is 5.32. The van der Waals surface area contributed by atoms with Crippen LogP contribution in [0.1, 0.15) is 48.9 Å². The lowest BCUT2D eigenvalue weighted by Gasteiger charge is -2.36. The molecule has 7 heteroatoms. The number of phenols is 1. The van der Waals surface area contributed by atoms with Gasteiger partial charge in [-0.15, -0.1) is 0 Å². The number of hydrogen-bond acceptors (Lipinski definition) is 6. The molecule has 5 rings (SSSR count). The molecule has 37 heavy (non-hydrogen) atoms. The van der Waals surface area contributed by atoms with Gasteiger partial charge in [-0.05, 0) is 81.7 Å². The first-order valence-corrected chi connectivity index (χ1v) is 13.5. The minimum Gasteiger partial charge on any atom is -0.507 e. The fraction of sp³-hybridized carbons (Fsp3) is 0.267. The summed E-state index contributed by atoms with van der Waals surface area (Å²) in [6.07, 6.45) is 4.33. The average molecular weight is 519 g/mol. The fourth-order valence-corrected chi connectivity index (χ4v) is 5.98. The predicted octanol–water partition coefficient (Wildman–Crippen LogP) is 6.54. The van der Waals surface area contributed by atoms with Gasteiger partial charge in [0, 0.05) is 17.0 Å². The average Bonchev–Trinajstić information content (AvgIpc) is 2.82. The number of phenolic OH excluding ortho intramolecular Hbond substituents is 1. The first-order valence-electron chi connectivity index (χ1n) is 12.1. The molecule has 192 valence electrons. The lowest BCUT2D eigenvalue weighted by atomic mass is 9.74. The van der Waals surface area contributed by atoms with Gasteiger partial charge in [0.05, 0.1) is 12.7 Å². The van der Waals surface area contributed by atoms with E-state index in [0.717, 1.165) is 33.4 Å². The molecular weight excluding hydrogens is 488 g/mol. The van der Waals surface area contributed by atoms with E-state index in [4.69, 9.17) is 13.7 Å². The van der Waals surface area contributed by atoms with Crippen LogP contribution in [0.3, 0.4) is 0 Å². The quantitative estimate of drug-likeness (QED) is 0.305. The molecule has 3 aromatic carbocycles. The molecule has 0 fully saturated rings. The van der Waals surface area contributed by atoms with Crippen LogP contribution < -0.4 is 13.7 Å². The summed E-state index contributed by atoms with van der Waals surface area (Å²) in [6.45, 7) is 12.0. The summed E-state index contributed by atoms with van der Waals surface area (Å²) in [5.74, 6) is 1.05. The highest BCUT2D eigenvalue weighted by molar-refractivity contribution is 7.87. The maximum absolute atomic E-state index is 13.0. The van der Waals surface area contributed by atoms with Gasteiger partial charge in [-0.2, -0.15) is 8.42 Å². The van der Waals surface area contributed by atoms with Gasteiger partial charge in [0.25, 0.3) is 0 Å². The molecule has 1 heterocycles. The Labute approximate surface area is 218 Å². The van der Waals surface area contributed by atoms with Crippen molar-refractivity contribution in [2.24, 2.45) is 0 Å². The van der Waals surface area contributed by atoms with Crippen molar-refractivity contribution < 1.29 is 27.2 Å². The molecule has 0 saturated heterocycles. The van der Waals surface area contributed by atoms with Crippen LogP contribution in [0.4, 0.5) is 0 Å². The summed E-state index contributed by atoms with van der Waals surface area (Å²) >= 11 is 0. The minimum absolute atomic E-state index is 0.0624. The lowest BCUT2D eigenvalue weighted by molar-refractivity contribution is 0.156. The second-order valence-electron chi connectivity index (χ2n) is 10.2. The molecule has 2 aliphatic rings. The van der Waals surface area contributed by atoms with Crippen LogP contribution in [0.15, 0.2) is 65.6 Å². The SMILES string of the molecule is C=C(C)[C@H]1Cc2c(ccc(OS(=O)(=O)c3ccc(C)cc3)c2OC)-c2cc(O)c3c(c21)OC(C)(C)C=C3. The van der Waals surface area contributed by atoms with Gasteiger partial charge in [-0.25, -0.2) is 0 Å². The first kappa shape index (κ1) is 25.0. The molecule has 1 N–H and O–H groups in total. The predicted molar refractivity (Wildman–Crippen MR) is 144 cm³/mol. The number of ether oxygens (including phenoxy) is 2. The number of aryl methyl sites for hydroxylation is 1. The number of hydrogen-bond donors (Lipinski definition) is 1. The van der Waals surface area contributed by atoms with Crippen molar-refractivity contribution in [1.29, 1.82) is 0 Å². The maximum atomic E-state index is 13.0. The number of rotatable bonds is 5. The molecular formula is C30H30O6S. The summed E-state index contributed by atoms with van der Waals surface area (Å²) in [6, 6.07) is 11.6. The van der Waals surface area contributed by atoms with Crippen molar-refractivity contribution in [1.82, 2.24) is 0 Å². The van der Waals surface area contributed by atoms with Crippen LogP contribution in [0.5, 0.6) is 23.0 Å². The van der Waals surface area contributed by atoms with E-state index in [-0.39, 0.29) is 22.3 Å². The van der Waals surface area contributed by atoms with Gasteiger partial charge in [-0.3, -0.25) is 0 Å². The summed E-state index contributed by atoms with van der Waals surface area (Å²) in [5, 5.41) is 10.9. The van der Waals surface area contributed by atoms with Crippen molar-refractivity contribution in [3.63, 3.8) is 0 Å². The smallest absolute Gasteiger partial charge is 0.339 e. The molecule has 0 unspecified atom stereocenters. The third-order valence-electron chi connectivity index (χ3n) is 6.93. The van der Waals surface area contributed by atoms with Crippen molar-refractivity contribution in [2.75, 3.05) is 7.11 Å². The van der Waals surface area contributed by atoms with E-state index >= 15 is 0 Å². The number of benzene rings is 3. The van der Waals surface area contributed by atoms with E-state index in [1.807, 2.05) is 39.8 Å². The van der Waals surface area contributed by atoms with Gasteiger partial charge in [0.1, 0.15) is 22.0 Å². The van der Waals surface area contributed by atoms with Crippen LogP contribution in [-0.4, -0.2) is 26.2 Å². The zero-order valence-corrected chi connectivity index (χ0v) is 22.4. The van der Waals surface area contributed by atoms with E-state index in [1.165, 1.54) is 19.2 Å². The Morgan fingerprint density at radius 2 is 1.84 bits per heavy atom. The van der Waals surface area contributed by atoms with Crippen molar-refractivity contribution in [2.45, 2.75) is 50.5 Å². The van der Waals surface area contributed by atoms with Crippen LogP contribution in [-0.2, 0) is 16.5 Å². The number of allylic oxidation sites excluding steroid dienone is 1. The standard InChI is InChI=1S/C30H30O6S/c1-17(2)22-15-24-20(23-16-25(31)21-13-14-30(4,5)35-29(21)27(22)23)11-12-26(28(24)34-6)36-37(32,33)19-9-7-18(3)8-10-19/h7-14,16,22,31H,1,15H2,2-6H3/t22-/m1/s1. The summed E-state index contributed by atoms with van der Waals surface area (Å²) < 4.78 is 43.8. The van der Waals surface area contributed by atoms with Crippen LogP contribution in [0.2, 0.25) is 0 Å². The minimum atomic E-state index is -4.08. The molecule has 3 aromatic rings. The molecule has 0 aromatic heterocycles. The highest BCUT2D eigenvalue weighted by Crippen LogP contribution is 2.55. The molecule has 0 bridgehead atoms. The van der Waals surface area contributed by atoms with Gasteiger partial charge in [0.15, 0.2) is 11.5 Å². The highest BCUT2D eigenvalue weighted by Gasteiger charge is 2.37. The number of fused-ring (bicyclic) bond motifs is 5. The highest BCUT2D eigenvalue weighted by atomic mass is 32.2. The van der Waals surface area contributed by atoms with Crippen LogP contribution >= 0.6 is 0 Å². The van der Waals surface area contributed by atoms with Crippen LogP contribution in [0.25, 0.3) is 17.2 Å². The lowest BCUT2D eigenvalue weighted by Crippen LogP contribution is -2.29. The molecule has 1 aliphatic carbocycles. The Balaban J connectivity index is 1.68. The monoisotopic (exact) mass is 518 g/mol. The van der Waals surface area contributed by atoms with E-state index in [1.54, 1.807) is 30.3 Å².